The second kappa shape index (κ2) is 6.79. The quantitative estimate of drug-likeness (QED) is 0.843. The van der Waals surface area contributed by atoms with Crippen LogP contribution in [0.2, 0.25) is 0 Å². The van der Waals surface area contributed by atoms with Crippen molar-refractivity contribution in [2.24, 2.45) is 5.41 Å². The summed E-state index contributed by atoms with van der Waals surface area (Å²) < 4.78 is 1.94. The van der Waals surface area contributed by atoms with Gasteiger partial charge in [-0.2, -0.15) is 5.10 Å². The Bertz CT molecular complexity index is 756. The van der Waals surface area contributed by atoms with Crippen molar-refractivity contribution in [2.45, 2.75) is 45.6 Å². The molecule has 1 aliphatic heterocycles. The molecule has 5 heteroatoms. The Kier molecular flexibility index (Phi) is 4.50. The number of aryl methyl sites for hydroxylation is 2. The average Bonchev–Trinajstić information content (AvgIpc) is 2.99. The van der Waals surface area contributed by atoms with Crippen molar-refractivity contribution in [3.63, 3.8) is 0 Å². The molecular formula is C20H28N4O. The molecule has 1 saturated heterocycles. The van der Waals surface area contributed by atoms with Gasteiger partial charge in [0, 0.05) is 30.3 Å². The molecule has 1 aromatic heterocycles. The summed E-state index contributed by atoms with van der Waals surface area (Å²) in [4.78, 5) is 14.8. The molecule has 0 atom stereocenters. The van der Waals surface area contributed by atoms with Gasteiger partial charge in [0.15, 0.2) is 0 Å². The third-order valence-electron chi connectivity index (χ3n) is 5.72. The zero-order valence-corrected chi connectivity index (χ0v) is 15.1. The fraction of sp³-hybridized carbons (Fsp3) is 0.600. The second-order valence-corrected chi connectivity index (χ2v) is 7.94. The Morgan fingerprint density at radius 1 is 1.28 bits per heavy atom. The highest BCUT2D eigenvalue weighted by molar-refractivity contribution is 5.80. The van der Waals surface area contributed by atoms with Crippen molar-refractivity contribution < 1.29 is 4.79 Å². The molecule has 0 bridgehead atoms. The lowest BCUT2D eigenvalue weighted by Crippen LogP contribution is -2.37. The number of fused-ring (bicyclic) bond motifs is 1. The van der Waals surface area contributed by atoms with Crippen molar-refractivity contribution in [3.8, 4) is 0 Å². The summed E-state index contributed by atoms with van der Waals surface area (Å²) in [5.74, 6) is 0.142. The van der Waals surface area contributed by atoms with E-state index in [9.17, 15) is 4.79 Å². The predicted octanol–water partition coefficient (Wildman–Crippen LogP) is 2.73. The number of hydrogen-bond acceptors (Lipinski definition) is 3. The van der Waals surface area contributed by atoms with E-state index in [0.717, 1.165) is 24.0 Å². The van der Waals surface area contributed by atoms with Crippen LogP contribution in [0, 0.1) is 12.3 Å². The van der Waals surface area contributed by atoms with Crippen LogP contribution in [-0.4, -0.2) is 46.8 Å². The number of nitrogens with zero attached hydrogens (tertiary/aromatic N) is 3. The minimum atomic E-state index is 0.142. The van der Waals surface area contributed by atoms with Crippen LogP contribution in [0.25, 0.3) is 10.9 Å². The van der Waals surface area contributed by atoms with Crippen molar-refractivity contribution in [1.82, 2.24) is 20.0 Å². The Labute approximate surface area is 149 Å². The molecule has 1 saturated carbocycles. The topological polar surface area (TPSA) is 50.2 Å². The maximum Gasteiger partial charge on any atom is 0.221 e. The zero-order chi connectivity index (χ0) is 17.3. The van der Waals surface area contributed by atoms with E-state index in [0.29, 0.717) is 18.4 Å². The first-order chi connectivity index (χ1) is 12.1. The fourth-order valence-corrected chi connectivity index (χ4v) is 3.95. The van der Waals surface area contributed by atoms with E-state index in [-0.39, 0.29) is 5.91 Å². The summed E-state index contributed by atoms with van der Waals surface area (Å²) >= 11 is 0. The van der Waals surface area contributed by atoms with E-state index in [1.807, 2.05) is 10.9 Å². The van der Waals surface area contributed by atoms with Gasteiger partial charge in [-0.1, -0.05) is 11.6 Å². The standard InChI is InChI=1S/C20H28N4O/c1-16-4-5-18-17(12-16)13-22-24(18)11-6-19(25)21-14-20(7-8-20)15-23-9-2-3-10-23/h4-5,12-13H,2-3,6-11,14-15H2,1H3,(H,21,25). The highest BCUT2D eigenvalue weighted by Gasteiger charge is 2.44. The highest BCUT2D eigenvalue weighted by atomic mass is 16.1. The number of rotatable bonds is 7. The van der Waals surface area contributed by atoms with Gasteiger partial charge in [0.1, 0.15) is 0 Å². The van der Waals surface area contributed by atoms with Gasteiger partial charge in [-0.25, -0.2) is 0 Å². The number of aromatic nitrogens is 2. The van der Waals surface area contributed by atoms with Crippen LogP contribution in [0.4, 0.5) is 0 Å². The molecule has 25 heavy (non-hydrogen) atoms. The molecule has 1 aromatic carbocycles. The van der Waals surface area contributed by atoms with Gasteiger partial charge in [-0.3, -0.25) is 9.48 Å². The van der Waals surface area contributed by atoms with Gasteiger partial charge < -0.3 is 10.2 Å². The molecule has 2 fully saturated rings. The number of benzene rings is 1. The number of nitrogens with one attached hydrogen (secondary N) is 1. The van der Waals surface area contributed by atoms with E-state index in [1.54, 1.807) is 0 Å². The van der Waals surface area contributed by atoms with Crippen molar-refractivity contribution in [3.05, 3.63) is 30.0 Å². The Morgan fingerprint density at radius 2 is 2.08 bits per heavy atom. The molecule has 4 rings (SSSR count). The summed E-state index contributed by atoms with van der Waals surface area (Å²) in [6.45, 7) is 7.19. The van der Waals surface area contributed by atoms with E-state index in [2.05, 4.69) is 40.4 Å². The minimum absolute atomic E-state index is 0.142. The third kappa shape index (κ3) is 3.87. The molecule has 1 N–H and O–H groups in total. The molecular weight excluding hydrogens is 312 g/mol. The molecule has 2 aliphatic rings. The van der Waals surface area contributed by atoms with Crippen molar-refractivity contribution in [1.29, 1.82) is 0 Å². The molecule has 2 aromatic rings. The van der Waals surface area contributed by atoms with Crippen LogP contribution in [-0.2, 0) is 11.3 Å². The maximum atomic E-state index is 12.3. The fourth-order valence-electron chi connectivity index (χ4n) is 3.95. The zero-order valence-electron chi connectivity index (χ0n) is 15.1. The van der Waals surface area contributed by atoms with Crippen LogP contribution < -0.4 is 5.32 Å². The smallest absolute Gasteiger partial charge is 0.221 e. The first-order valence-electron chi connectivity index (χ1n) is 9.55. The predicted molar refractivity (Wildman–Crippen MR) is 99.4 cm³/mol. The maximum absolute atomic E-state index is 12.3. The summed E-state index contributed by atoms with van der Waals surface area (Å²) in [7, 11) is 0. The monoisotopic (exact) mass is 340 g/mol. The van der Waals surface area contributed by atoms with Crippen molar-refractivity contribution >= 4 is 16.8 Å². The van der Waals surface area contributed by atoms with Gasteiger partial charge in [0.25, 0.3) is 0 Å². The molecule has 0 radical (unpaired) electrons. The van der Waals surface area contributed by atoms with E-state index in [4.69, 9.17) is 0 Å². The van der Waals surface area contributed by atoms with E-state index < -0.39 is 0 Å². The Hall–Kier alpha value is -1.88. The largest absolute Gasteiger partial charge is 0.355 e. The third-order valence-corrected chi connectivity index (χ3v) is 5.72. The first-order valence-corrected chi connectivity index (χ1v) is 9.55. The molecule has 1 amide bonds. The van der Waals surface area contributed by atoms with Gasteiger partial charge in [-0.15, -0.1) is 0 Å². The minimum Gasteiger partial charge on any atom is -0.355 e. The van der Waals surface area contributed by atoms with E-state index >= 15 is 0 Å². The number of carbonyl (C=O) groups is 1. The number of carbonyl (C=O) groups excluding carboxylic acids is 1. The second-order valence-electron chi connectivity index (χ2n) is 7.94. The van der Waals surface area contributed by atoms with Gasteiger partial charge in [-0.05, 0) is 57.8 Å². The van der Waals surface area contributed by atoms with Gasteiger partial charge in [0.2, 0.25) is 5.91 Å². The number of hydrogen-bond donors (Lipinski definition) is 1. The lowest BCUT2D eigenvalue weighted by Gasteiger charge is -2.23. The average molecular weight is 340 g/mol. The molecule has 1 aliphatic carbocycles. The number of amides is 1. The SMILES string of the molecule is Cc1ccc2c(cnn2CCC(=O)NCC2(CN3CCCC3)CC2)c1. The molecule has 2 heterocycles. The van der Waals surface area contributed by atoms with Crippen LogP contribution in [0.15, 0.2) is 24.4 Å². The number of likely N-dealkylation sites (tertiary alicyclic amines) is 1. The van der Waals surface area contributed by atoms with Crippen LogP contribution >= 0.6 is 0 Å². The van der Waals surface area contributed by atoms with Gasteiger partial charge >= 0.3 is 0 Å². The van der Waals surface area contributed by atoms with E-state index in [1.165, 1.54) is 44.3 Å². The summed E-state index contributed by atoms with van der Waals surface area (Å²) in [6, 6.07) is 6.31. The van der Waals surface area contributed by atoms with Crippen LogP contribution in [0.3, 0.4) is 0 Å². The molecule has 134 valence electrons. The molecule has 0 unspecified atom stereocenters. The lowest BCUT2D eigenvalue weighted by molar-refractivity contribution is -0.121. The van der Waals surface area contributed by atoms with Crippen LogP contribution in [0.5, 0.6) is 0 Å². The summed E-state index contributed by atoms with van der Waals surface area (Å²) in [5, 5.41) is 8.74. The Morgan fingerprint density at radius 3 is 2.84 bits per heavy atom. The normalized spacial score (nSPS) is 19.4. The summed E-state index contributed by atoms with van der Waals surface area (Å²) in [5.41, 5.74) is 2.69. The Balaban J connectivity index is 1.26. The first kappa shape index (κ1) is 16.6. The highest BCUT2D eigenvalue weighted by Crippen LogP contribution is 2.46. The lowest BCUT2D eigenvalue weighted by atomic mass is 10.1. The molecule has 5 nitrogen and oxygen atoms in total. The van der Waals surface area contributed by atoms with Crippen molar-refractivity contribution in [2.75, 3.05) is 26.2 Å². The van der Waals surface area contributed by atoms with Gasteiger partial charge in [0.05, 0.1) is 18.3 Å². The molecule has 0 spiro atoms. The van der Waals surface area contributed by atoms with Crippen LogP contribution in [0.1, 0.15) is 37.7 Å². The summed E-state index contributed by atoms with van der Waals surface area (Å²) in [6.07, 6.45) is 7.55.